The van der Waals surface area contributed by atoms with Gasteiger partial charge in [-0.2, -0.15) is 4.31 Å². The summed E-state index contributed by atoms with van der Waals surface area (Å²) < 4.78 is 31.4. The first kappa shape index (κ1) is 14.0. The normalized spacial score (nSPS) is 17.1. The van der Waals surface area contributed by atoms with Crippen LogP contribution in [0.5, 0.6) is 0 Å². The van der Waals surface area contributed by atoms with Crippen LogP contribution in [0.2, 0.25) is 0 Å². The second kappa shape index (κ2) is 5.45. The maximum atomic E-state index is 12.5. The van der Waals surface area contributed by atoms with E-state index in [9.17, 15) is 8.42 Å². The van der Waals surface area contributed by atoms with Crippen molar-refractivity contribution in [2.45, 2.75) is 11.8 Å². The van der Waals surface area contributed by atoms with Crippen LogP contribution in [0.15, 0.2) is 40.1 Å². The maximum Gasteiger partial charge on any atom is 0.248 e. The van der Waals surface area contributed by atoms with Gasteiger partial charge in [0.1, 0.15) is 4.90 Å². The first-order valence-corrected chi connectivity index (χ1v) is 8.09. The third-order valence-corrected chi connectivity index (χ3v) is 5.58. The number of piperazine rings is 1. The molecule has 0 aliphatic carbocycles. The highest BCUT2D eigenvalue weighted by Gasteiger charge is 2.31. The van der Waals surface area contributed by atoms with Gasteiger partial charge in [-0.25, -0.2) is 8.42 Å². The van der Waals surface area contributed by atoms with E-state index in [-0.39, 0.29) is 4.90 Å². The van der Waals surface area contributed by atoms with E-state index in [1.807, 2.05) is 12.1 Å². The molecule has 3 rings (SSSR count). The standard InChI is InChI=1S/C13H16N4O3S/c1-11-13(10-15-20-11)21(18,19)17-8-6-16(7-9-17)12-2-4-14-5-3-12/h2-5,10H,6-9H2,1H3. The van der Waals surface area contributed by atoms with Gasteiger partial charge in [0, 0.05) is 44.3 Å². The lowest BCUT2D eigenvalue weighted by Crippen LogP contribution is -2.48. The topological polar surface area (TPSA) is 79.5 Å². The molecule has 7 nitrogen and oxygen atoms in total. The molecule has 0 unspecified atom stereocenters. The van der Waals surface area contributed by atoms with Gasteiger partial charge in [0.15, 0.2) is 5.76 Å². The summed E-state index contributed by atoms with van der Waals surface area (Å²) in [7, 11) is -3.52. The van der Waals surface area contributed by atoms with Gasteiger partial charge < -0.3 is 9.42 Å². The minimum atomic E-state index is -3.52. The highest BCUT2D eigenvalue weighted by Crippen LogP contribution is 2.22. The molecule has 0 saturated carbocycles. The second-order valence-electron chi connectivity index (χ2n) is 4.84. The van der Waals surface area contributed by atoms with Crippen LogP contribution >= 0.6 is 0 Å². The number of aryl methyl sites for hydroxylation is 1. The predicted molar refractivity (Wildman–Crippen MR) is 76.4 cm³/mol. The molecule has 0 bridgehead atoms. The molecule has 0 atom stereocenters. The Morgan fingerprint density at radius 3 is 2.38 bits per heavy atom. The van der Waals surface area contributed by atoms with Crippen LogP contribution in [0, 0.1) is 6.92 Å². The molecule has 2 aromatic heterocycles. The summed E-state index contributed by atoms with van der Waals surface area (Å²) in [6.07, 6.45) is 4.73. The quantitative estimate of drug-likeness (QED) is 0.838. The third-order valence-electron chi connectivity index (χ3n) is 3.59. The highest BCUT2D eigenvalue weighted by atomic mass is 32.2. The molecule has 0 radical (unpaired) electrons. The van der Waals surface area contributed by atoms with Crippen molar-refractivity contribution in [1.29, 1.82) is 0 Å². The Bertz CT molecular complexity index is 706. The molecule has 112 valence electrons. The fourth-order valence-electron chi connectivity index (χ4n) is 2.42. The molecule has 1 saturated heterocycles. The van der Waals surface area contributed by atoms with Gasteiger partial charge in [-0.05, 0) is 19.1 Å². The van der Waals surface area contributed by atoms with Crippen LogP contribution in [0.25, 0.3) is 0 Å². The maximum absolute atomic E-state index is 12.5. The molecule has 3 heterocycles. The smallest absolute Gasteiger partial charge is 0.248 e. The van der Waals surface area contributed by atoms with Crippen LogP contribution in [0.4, 0.5) is 5.69 Å². The number of pyridine rings is 1. The van der Waals surface area contributed by atoms with Gasteiger partial charge in [0.2, 0.25) is 10.0 Å². The van der Waals surface area contributed by atoms with Crippen molar-refractivity contribution >= 4 is 15.7 Å². The van der Waals surface area contributed by atoms with Crippen molar-refractivity contribution in [3.63, 3.8) is 0 Å². The summed E-state index contributed by atoms with van der Waals surface area (Å²) >= 11 is 0. The van der Waals surface area contributed by atoms with Crippen LogP contribution in [-0.2, 0) is 10.0 Å². The fraction of sp³-hybridized carbons (Fsp3) is 0.385. The summed E-state index contributed by atoms with van der Waals surface area (Å²) in [6.45, 7) is 3.78. The van der Waals surface area contributed by atoms with Crippen LogP contribution in [-0.4, -0.2) is 49.0 Å². The Hall–Kier alpha value is -1.93. The number of sulfonamides is 1. The first-order valence-electron chi connectivity index (χ1n) is 6.65. The van der Waals surface area contributed by atoms with Crippen LogP contribution < -0.4 is 4.90 Å². The Balaban J connectivity index is 1.73. The molecule has 1 aliphatic heterocycles. The number of nitrogens with zero attached hydrogens (tertiary/aromatic N) is 4. The minimum absolute atomic E-state index is 0.153. The molecular formula is C13H16N4O3S. The van der Waals surface area contributed by atoms with Crippen molar-refractivity contribution < 1.29 is 12.9 Å². The zero-order chi connectivity index (χ0) is 14.9. The number of rotatable bonds is 3. The Labute approximate surface area is 123 Å². The molecule has 1 aliphatic rings. The molecular weight excluding hydrogens is 292 g/mol. The van der Waals surface area contributed by atoms with E-state index in [1.54, 1.807) is 19.3 Å². The van der Waals surface area contributed by atoms with Crippen molar-refractivity contribution in [2.24, 2.45) is 0 Å². The zero-order valence-electron chi connectivity index (χ0n) is 11.6. The van der Waals surface area contributed by atoms with Gasteiger partial charge in [-0.3, -0.25) is 4.98 Å². The van der Waals surface area contributed by atoms with Crippen molar-refractivity contribution in [1.82, 2.24) is 14.4 Å². The molecule has 0 aromatic carbocycles. The first-order chi connectivity index (χ1) is 10.1. The van der Waals surface area contributed by atoms with Gasteiger partial charge in [0.25, 0.3) is 0 Å². The van der Waals surface area contributed by atoms with E-state index in [4.69, 9.17) is 4.52 Å². The van der Waals surface area contributed by atoms with Crippen molar-refractivity contribution in [3.05, 3.63) is 36.5 Å². The van der Waals surface area contributed by atoms with Gasteiger partial charge >= 0.3 is 0 Å². The number of aromatic nitrogens is 2. The van der Waals surface area contributed by atoms with E-state index in [1.165, 1.54) is 10.5 Å². The number of hydrogen-bond acceptors (Lipinski definition) is 6. The van der Waals surface area contributed by atoms with E-state index in [0.717, 1.165) is 5.69 Å². The highest BCUT2D eigenvalue weighted by molar-refractivity contribution is 7.89. The summed E-state index contributed by atoms with van der Waals surface area (Å²) in [5.74, 6) is 0.326. The molecule has 8 heteroatoms. The summed E-state index contributed by atoms with van der Waals surface area (Å²) in [6, 6.07) is 3.85. The molecule has 21 heavy (non-hydrogen) atoms. The van der Waals surface area contributed by atoms with Crippen LogP contribution in [0.3, 0.4) is 0 Å². The number of anilines is 1. The molecule has 0 amide bonds. The predicted octanol–water partition coefficient (Wildman–Crippen LogP) is 0.889. The molecule has 1 fully saturated rings. The third kappa shape index (κ3) is 2.64. The lowest BCUT2D eigenvalue weighted by atomic mass is 10.3. The van der Waals surface area contributed by atoms with E-state index in [0.29, 0.717) is 31.9 Å². The van der Waals surface area contributed by atoms with Crippen LogP contribution in [0.1, 0.15) is 5.76 Å². The Morgan fingerprint density at radius 2 is 1.81 bits per heavy atom. The Kier molecular flexibility index (Phi) is 3.64. The summed E-state index contributed by atoms with van der Waals surface area (Å²) in [4.78, 5) is 6.29. The zero-order valence-corrected chi connectivity index (χ0v) is 12.5. The van der Waals surface area contributed by atoms with E-state index in [2.05, 4.69) is 15.0 Å². The lowest BCUT2D eigenvalue weighted by Gasteiger charge is -2.35. The largest absolute Gasteiger partial charge is 0.369 e. The summed E-state index contributed by atoms with van der Waals surface area (Å²) in [5, 5.41) is 3.55. The molecule has 2 aromatic rings. The van der Waals surface area contributed by atoms with Gasteiger partial charge in [-0.15, -0.1) is 0 Å². The van der Waals surface area contributed by atoms with Gasteiger partial charge in [-0.1, -0.05) is 5.16 Å². The number of hydrogen-bond donors (Lipinski definition) is 0. The molecule has 0 N–H and O–H groups in total. The van der Waals surface area contributed by atoms with Crippen molar-refractivity contribution in [2.75, 3.05) is 31.1 Å². The van der Waals surface area contributed by atoms with E-state index >= 15 is 0 Å². The Morgan fingerprint density at radius 1 is 1.14 bits per heavy atom. The van der Waals surface area contributed by atoms with E-state index < -0.39 is 10.0 Å². The average Bonchev–Trinajstić information content (AvgIpc) is 2.95. The monoisotopic (exact) mass is 308 g/mol. The molecule has 0 spiro atoms. The van der Waals surface area contributed by atoms with Gasteiger partial charge in [0.05, 0.1) is 6.20 Å². The lowest BCUT2D eigenvalue weighted by molar-refractivity contribution is 0.379. The minimum Gasteiger partial charge on any atom is -0.369 e. The average molecular weight is 308 g/mol. The SMILES string of the molecule is Cc1oncc1S(=O)(=O)N1CCN(c2ccncc2)CC1. The van der Waals surface area contributed by atoms with Crippen molar-refractivity contribution in [3.8, 4) is 0 Å². The summed E-state index contributed by atoms with van der Waals surface area (Å²) in [5.41, 5.74) is 1.06. The second-order valence-corrected chi connectivity index (χ2v) is 6.75. The fourth-order valence-corrected chi connectivity index (χ4v) is 3.92.